The summed E-state index contributed by atoms with van der Waals surface area (Å²) in [6.45, 7) is 1.33. The molecule has 0 bridgehead atoms. The van der Waals surface area contributed by atoms with Crippen LogP contribution < -0.4 is 5.73 Å². The maximum Gasteiger partial charge on any atom is 0.409 e. The largest absolute Gasteiger partial charge is 0.449 e. The molecule has 0 aliphatic carbocycles. The standard InChI is InChI=1S/C17H23N3O5/c18-16(21)14-8-10-19(11-9-14)17(22)25-12-2-1-3-13-4-6-15(7-5-13)20(23)24/h4-7,14H,1-3,8-12H2,(H2,18,21). The van der Waals surface area contributed by atoms with Crippen LogP contribution in [0.5, 0.6) is 0 Å². The van der Waals surface area contributed by atoms with Crippen molar-refractivity contribution in [3.8, 4) is 0 Å². The minimum Gasteiger partial charge on any atom is -0.449 e. The Morgan fingerprint density at radius 3 is 2.40 bits per heavy atom. The van der Waals surface area contributed by atoms with Crippen molar-refractivity contribution < 1.29 is 19.2 Å². The normalized spacial score (nSPS) is 15.0. The number of amides is 2. The number of primary amides is 1. The lowest BCUT2D eigenvalue weighted by atomic mass is 9.97. The molecular weight excluding hydrogens is 326 g/mol. The number of hydrogen-bond acceptors (Lipinski definition) is 5. The Kier molecular flexibility index (Phi) is 6.73. The molecule has 1 heterocycles. The van der Waals surface area contributed by atoms with Gasteiger partial charge in [-0.3, -0.25) is 14.9 Å². The molecule has 8 nitrogen and oxygen atoms in total. The van der Waals surface area contributed by atoms with Crippen molar-refractivity contribution in [3.63, 3.8) is 0 Å². The fourth-order valence-corrected chi connectivity index (χ4v) is 2.81. The molecule has 0 aromatic heterocycles. The highest BCUT2D eigenvalue weighted by Crippen LogP contribution is 2.17. The number of nitrogens with two attached hydrogens (primary N) is 1. The molecule has 136 valence electrons. The molecule has 0 saturated carbocycles. The molecule has 2 N–H and O–H groups in total. The summed E-state index contributed by atoms with van der Waals surface area (Å²) in [7, 11) is 0. The highest BCUT2D eigenvalue weighted by molar-refractivity contribution is 5.77. The van der Waals surface area contributed by atoms with Crippen molar-refractivity contribution >= 4 is 17.7 Å². The number of carbonyl (C=O) groups is 2. The van der Waals surface area contributed by atoms with Crippen LogP contribution >= 0.6 is 0 Å². The van der Waals surface area contributed by atoms with Crippen molar-refractivity contribution in [3.05, 3.63) is 39.9 Å². The zero-order valence-corrected chi connectivity index (χ0v) is 14.1. The van der Waals surface area contributed by atoms with Crippen molar-refractivity contribution in [2.24, 2.45) is 11.7 Å². The lowest BCUT2D eigenvalue weighted by Crippen LogP contribution is -2.42. The smallest absolute Gasteiger partial charge is 0.409 e. The van der Waals surface area contributed by atoms with Crippen LogP contribution in [0.2, 0.25) is 0 Å². The number of carbonyl (C=O) groups excluding carboxylic acids is 2. The second kappa shape index (κ2) is 9.00. The van der Waals surface area contributed by atoms with Gasteiger partial charge in [-0.15, -0.1) is 0 Å². The molecule has 2 rings (SSSR count). The number of rotatable bonds is 7. The quantitative estimate of drug-likeness (QED) is 0.460. The molecule has 0 unspecified atom stereocenters. The third kappa shape index (κ3) is 5.74. The van der Waals surface area contributed by atoms with E-state index < -0.39 is 4.92 Å². The van der Waals surface area contributed by atoms with Crippen molar-refractivity contribution in [2.45, 2.75) is 32.1 Å². The van der Waals surface area contributed by atoms with E-state index >= 15 is 0 Å². The predicted octanol–water partition coefficient (Wildman–Crippen LogP) is 2.25. The van der Waals surface area contributed by atoms with Gasteiger partial charge in [0, 0.05) is 31.1 Å². The maximum atomic E-state index is 11.9. The first-order valence-corrected chi connectivity index (χ1v) is 8.41. The number of piperidine rings is 1. The second-order valence-electron chi connectivity index (χ2n) is 6.16. The van der Waals surface area contributed by atoms with Crippen molar-refractivity contribution in [1.82, 2.24) is 4.90 Å². The van der Waals surface area contributed by atoms with Crippen molar-refractivity contribution in [1.29, 1.82) is 0 Å². The lowest BCUT2D eigenvalue weighted by Gasteiger charge is -2.29. The van der Waals surface area contributed by atoms with Crippen LogP contribution in [0.25, 0.3) is 0 Å². The van der Waals surface area contributed by atoms with E-state index in [0.717, 1.165) is 24.8 Å². The Morgan fingerprint density at radius 2 is 1.84 bits per heavy atom. The average molecular weight is 349 g/mol. The first-order chi connectivity index (χ1) is 12.0. The predicted molar refractivity (Wildman–Crippen MR) is 90.9 cm³/mol. The summed E-state index contributed by atoms with van der Waals surface area (Å²) in [6.07, 6.45) is 3.16. The molecule has 2 amide bonds. The number of ether oxygens (including phenoxy) is 1. The highest BCUT2D eigenvalue weighted by atomic mass is 16.6. The van der Waals surface area contributed by atoms with Gasteiger partial charge in [0.2, 0.25) is 5.91 Å². The van der Waals surface area contributed by atoms with Gasteiger partial charge in [-0.1, -0.05) is 12.1 Å². The van der Waals surface area contributed by atoms with E-state index in [2.05, 4.69) is 0 Å². The van der Waals surface area contributed by atoms with E-state index in [0.29, 0.717) is 32.5 Å². The molecule has 0 spiro atoms. The Bertz CT molecular complexity index is 609. The molecular formula is C17H23N3O5. The van der Waals surface area contributed by atoms with Gasteiger partial charge < -0.3 is 15.4 Å². The molecule has 1 aliphatic rings. The second-order valence-corrected chi connectivity index (χ2v) is 6.16. The summed E-state index contributed by atoms with van der Waals surface area (Å²) < 4.78 is 5.25. The zero-order valence-electron chi connectivity index (χ0n) is 14.1. The van der Waals surface area contributed by atoms with E-state index in [4.69, 9.17) is 10.5 Å². The van der Waals surface area contributed by atoms with Gasteiger partial charge in [0.05, 0.1) is 11.5 Å². The number of nitrogens with zero attached hydrogens (tertiary/aromatic N) is 2. The number of aryl methyl sites for hydroxylation is 1. The molecule has 1 fully saturated rings. The number of hydrogen-bond donors (Lipinski definition) is 1. The SMILES string of the molecule is NC(=O)C1CCN(C(=O)OCCCCc2ccc([N+](=O)[O-])cc2)CC1. The van der Waals surface area contributed by atoms with Crippen LogP contribution in [-0.4, -0.2) is 41.5 Å². The monoisotopic (exact) mass is 349 g/mol. The number of benzene rings is 1. The van der Waals surface area contributed by atoms with E-state index in [-0.39, 0.29) is 23.6 Å². The third-order valence-electron chi connectivity index (χ3n) is 4.39. The zero-order chi connectivity index (χ0) is 18.2. The first kappa shape index (κ1) is 18.7. The molecule has 0 radical (unpaired) electrons. The fraction of sp³-hybridized carbons (Fsp3) is 0.529. The van der Waals surface area contributed by atoms with E-state index in [1.165, 1.54) is 12.1 Å². The Hall–Kier alpha value is -2.64. The number of unbranched alkanes of at least 4 members (excludes halogenated alkanes) is 1. The molecule has 1 aromatic rings. The summed E-state index contributed by atoms with van der Waals surface area (Å²) in [4.78, 5) is 34.8. The summed E-state index contributed by atoms with van der Waals surface area (Å²) >= 11 is 0. The first-order valence-electron chi connectivity index (χ1n) is 8.41. The van der Waals surface area contributed by atoms with Crippen molar-refractivity contribution in [2.75, 3.05) is 19.7 Å². The van der Waals surface area contributed by atoms with Crippen LogP contribution in [0, 0.1) is 16.0 Å². The molecule has 1 saturated heterocycles. The molecule has 25 heavy (non-hydrogen) atoms. The molecule has 0 atom stereocenters. The van der Waals surface area contributed by atoms with Crippen LogP contribution in [0.1, 0.15) is 31.2 Å². The summed E-state index contributed by atoms with van der Waals surface area (Å²) in [5.41, 5.74) is 6.37. The summed E-state index contributed by atoms with van der Waals surface area (Å²) in [5, 5.41) is 10.6. The van der Waals surface area contributed by atoms with Gasteiger partial charge in [0.1, 0.15) is 0 Å². The van der Waals surface area contributed by atoms with Crippen LogP contribution in [-0.2, 0) is 16.0 Å². The van der Waals surface area contributed by atoms with Crippen LogP contribution in [0.3, 0.4) is 0 Å². The fourth-order valence-electron chi connectivity index (χ4n) is 2.81. The van der Waals surface area contributed by atoms with E-state index in [1.54, 1.807) is 17.0 Å². The van der Waals surface area contributed by atoms with Crippen LogP contribution in [0.15, 0.2) is 24.3 Å². The third-order valence-corrected chi connectivity index (χ3v) is 4.39. The number of non-ortho nitro benzene ring substituents is 1. The Morgan fingerprint density at radius 1 is 1.20 bits per heavy atom. The lowest BCUT2D eigenvalue weighted by molar-refractivity contribution is -0.384. The maximum absolute atomic E-state index is 11.9. The Balaban J connectivity index is 1.60. The van der Waals surface area contributed by atoms with E-state index in [9.17, 15) is 19.7 Å². The number of nitro benzene ring substituents is 1. The molecule has 1 aromatic carbocycles. The van der Waals surface area contributed by atoms with Gasteiger partial charge in [0.25, 0.3) is 5.69 Å². The van der Waals surface area contributed by atoms with Gasteiger partial charge in [-0.2, -0.15) is 0 Å². The minimum absolute atomic E-state index is 0.0813. The van der Waals surface area contributed by atoms with Gasteiger partial charge in [-0.25, -0.2) is 4.79 Å². The number of likely N-dealkylation sites (tertiary alicyclic amines) is 1. The van der Waals surface area contributed by atoms with Gasteiger partial charge in [0.15, 0.2) is 0 Å². The van der Waals surface area contributed by atoms with Crippen LogP contribution in [0.4, 0.5) is 10.5 Å². The number of nitro groups is 1. The van der Waals surface area contributed by atoms with Gasteiger partial charge >= 0.3 is 6.09 Å². The molecule has 8 heteroatoms. The summed E-state index contributed by atoms with van der Waals surface area (Å²) in [5.74, 6) is -0.454. The minimum atomic E-state index is -0.421. The average Bonchev–Trinajstić information content (AvgIpc) is 2.61. The summed E-state index contributed by atoms with van der Waals surface area (Å²) in [6, 6.07) is 6.47. The van der Waals surface area contributed by atoms with Gasteiger partial charge in [-0.05, 0) is 37.7 Å². The molecule has 1 aliphatic heterocycles. The van der Waals surface area contributed by atoms with E-state index in [1.807, 2.05) is 0 Å². The topological polar surface area (TPSA) is 116 Å². The highest BCUT2D eigenvalue weighted by Gasteiger charge is 2.26. The Labute approximate surface area is 146 Å².